The highest BCUT2D eigenvalue weighted by molar-refractivity contribution is 6.16. The maximum Gasteiger partial charge on any atom is 0.268 e. The third kappa shape index (κ3) is 1.61. The highest BCUT2D eigenvalue weighted by Gasteiger charge is 2.50. The zero-order valence-corrected chi connectivity index (χ0v) is 10.1. The summed E-state index contributed by atoms with van der Waals surface area (Å²) in [5.41, 5.74) is 4.63. The van der Waals surface area contributed by atoms with Gasteiger partial charge in [-0.15, -0.1) is 0 Å². The summed E-state index contributed by atoms with van der Waals surface area (Å²) < 4.78 is 0. The predicted octanol–water partition coefficient (Wildman–Crippen LogP) is 0.121. The lowest BCUT2D eigenvalue weighted by Gasteiger charge is -2.19. The van der Waals surface area contributed by atoms with Crippen molar-refractivity contribution in [2.24, 2.45) is 5.73 Å². The fourth-order valence-electron chi connectivity index (χ4n) is 2.39. The Morgan fingerprint density at radius 2 is 2.21 bits per heavy atom. The summed E-state index contributed by atoms with van der Waals surface area (Å²) in [6, 6.07) is 7.33. The van der Waals surface area contributed by atoms with Gasteiger partial charge in [-0.25, -0.2) is 0 Å². The molecule has 2 heterocycles. The van der Waals surface area contributed by atoms with E-state index in [2.05, 4.69) is 4.98 Å². The molecule has 6 nitrogen and oxygen atoms in total. The normalized spacial score (nSPS) is 23.2. The maximum absolute atomic E-state index is 12.1. The maximum atomic E-state index is 12.1. The summed E-state index contributed by atoms with van der Waals surface area (Å²) in [6.07, 6.45) is 1.83. The monoisotopic (exact) mass is 259 g/mol. The summed E-state index contributed by atoms with van der Waals surface area (Å²) in [7, 11) is 0. The average Bonchev–Trinajstić information content (AvgIpc) is 2.95. The van der Waals surface area contributed by atoms with Crippen LogP contribution in [0.2, 0.25) is 0 Å². The number of nitrogens with one attached hydrogen (secondary N) is 1. The van der Waals surface area contributed by atoms with Crippen molar-refractivity contribution in [1.29, 1.82) is 0 Å². The number of amides is 2. The minimum absolute atomic E-state index is 0.0202. The van der Waals surface area contributed by atoms with Crippen LogP contribution in [0.25, 0.3) is 10.9 Å². The van der Waals surface area contributed by atoms with E-state index in [1.54, 1.807) is 12.3 Å². The molecule has 2 aromatic rings. The molecule has 0 bridgehead atoms. The molecule has 0 radical (unpaired) electrons. The van der Waals surface area contributed by atoms with Gasteiger partial charge in [0.25, 0.3) is 11.8 Å². The first-order valence-electron chi connectivity index (χ1n) is 5.94. The number of rotatable bonds is 2. The zero-order valence-electron chi connectivity index (χ0n) is 10.1. The van der Waals surface area contributed by atoms with Crippen LogP contribution in [0.3, 0.4) is 0 Å². The average molecular weight is 259 g/mol. The van der Waals surface area contributed by atoms with Crippen molar-refractivity contribution in [1.82, 2.24) is 4.98 Å². The number of aliphatic hydroxyl groups is 1. The number of H-pyrrole nitrogens is 1. The molecule has 1 fully saturated rings. The summed E-state index contributed by atoms with van der Waals surface area (Å²) in [4.78, 5) is 27.8. The lowest BCUT2D eigenvalue weighted by atomic mass is 10.0. The SMILES string of the molecule is NC(=O)[C@@]1(O)CCN(c2ccc3[nH]ccc3c2)C1=O. The minimum Gasteiger partial charge on any atom is -0.372 e. The molecular weight excluding hydrogens is 246 g/mol. The van der Waals surface area contributed by atoms with Crippen LogP contribution in [0.4, 0.5) is 5.69 Å². The number of nitrogens with two attached hydrogens (primary N) is 1. The Bertz CT molecular complexity index is 679. The van der Waals surface area contributed by atoms with E-state index in [0.717, 1.165) is 10.9 Å². The number of hydrogen-bond donors (Lipinski definition) is 3. The molecule has 1 atom stereocenters. The number of carbonyl (C=O) groups excluding carboxylic acids is 2. The van der Waals surface area contributed by atoms with Crippen LogP contribution in [0, 0.1) is 0 Å². The lowest BCUT2D eigenvalue weighted by molar-refractivity contribution is -0.146. The van der Waals surface area contributed by atoms with Crippen molar-refractivity contribution in [3.63, 3.8) is 0 Å². The molecular formula is C13H13N3O3. The molecule has 0 spiro atoms. The molecule has 1 aliphatic heterocycles. The highest BCUT2D eigenvalue weighted by Crippen LogP contribution is 2.30. The van der Waals surface area contributed by atoms with E-state index in [0.29, 0.717) is 5.69 Å². The van der Waals surface area contributed by atoms with Crippen LogP contribution in [0.15, 0.2) is 30.5 Å². The predicted molar refractivity (Wildman–Crippen MR) is 69.4 cm³/mol. The van der Waals surface area contributed by atoms with Gasteiger partial charge in [-0.2, -0.15) is 0 Å². The molecule has 1 aliphatic rings. The molecule has 0 saturated carbocycles. The Morgan fingerprint density at radius 3 is 2.89 bits per heavy atom. The van der Waals surface area contributed by atoms with E-state index < -0.39 is 17.4 Å². The summed E-state index contributed by atoms with van der Waals surface area (Å²) in [5, 5.41) is 10.9. The van der Waals surface area contributed by atoms with Crippen molar-refractivity contribution >= 4 is 28.4 Å². The van der Waals surface area contributed by atoms with Gasteiger partial charge in [0.1, 0.15) is 0 Å². The number of carbonyl (C=O) groups is 2. The second kappa shape index (κ2) is 3.83. The third-order valence-corrected chi connectivity index (χ3v) is 3.55. The number of benzene rings is 1. The zero-order chi connectivity index (χ0) is 13.6. The van der Waals surface area contributed by atoms with Crippen LogP contribution < -0.4 is 10.6 Å². The van der Waals surface area contributed by atoms with Gasteiger partial charge in [0.2, 0.25) is 5.60 Å². The number of aromatic amines is 1. The van der Waals surface area contributed by atoms with Crippen LogP contribution in [0.1, 0.15) is 6.42 Å². The molecule has 2 amide bonds. The van der Waals surface area contributed by atoms with Crippen molar-refractivity contribution in [2.75, 3.05) is 11.4 Å². The van der Waals surface area contributed by atoms with Crippen LogP contribution in [-0.4, -0.2) is 34.1 Å². The van der Waals surface area contributed by atoms with Gasteiger partial charge in [-0.3, -0.25) is 9.59 Å². The largest absolute Gasteiger partial charge is 0.372 e. The van der Waals surface area contributed by atoms with E-state index in [4.69, 9.17) is 5.73 Å². The molecule has 98 valence electrons. The van der Waals surface area contributed by atoms with E-state index >= 15 is 0 Å². The molecule has 3 rings (SSSR count). The molecule has 1 saturated heterocycles. The van der Waals surface area contributed by atoms with Crippen LogP contribution in [-0.2, 0) is 9.59 Å². The third-order valence-electron chi connectivity index (χ3n) is 3.55. The second-order valence-corrected chi connectivity index (χ2v) is 4.68. The first-order chi connectivity index (χ1) is 9.02. The summed E-state index contributed by atoms with van der Waals surface area (Å²) in [6.45, 7) is 0.272. The van der Waals surface area contributed by atoms with E-state index in [1.807, 2.05) is 18.2 Å². The summed E-state index contributed by atoms with van der Waals surface area (Å²) >= 11 is 0. The standard InChI is InChI=1S/C13H13N3O3/c14-11(17)13(19)4-6-16(12(13)18)9-1-2-10-8(7-9)3-5-15-10/h1-3,5,7,15,19H,4,6H2,(H2,14,17)/t13-/m0/s1. The number of nitrogens with zero attached hydrogens (tertiary/aromatic N) is 1. The van der Waals surface area contributed by atoms with Crippen LogP contribution >= 0.6 is 0 Å². The fraction of sp³-hybridized carbons (Fsp3) is 0.231. The van der Waals surface area contributed by atoms with E-state index in [1.165, 1.54) is 4.90 Å². The van der Waals surface area contributed by atoms with Gasteiger partial charge in [-0.05, 0) is 24.3 Å². The Kier molecular flexibility index (Phi) is 2.36. The number of aromatic nitrogens is 1. The minimum atomic E-state index is -2.08. The van der Waals surface area contributed by atoms with Gasteiger partial charge in [0.05, 0.1) is 0 Å². The Hall–Kier alpha value is -2.34. The van der Waals surface area contributed by atoms with Gasteiger partial charge in [0, 0.05) is 35.8 Å². The van der Waals surface area contributed by atoms with Gasteiger partial charge >= 0.3 is 0 Å². The van der Waals surface area contributed by atoms with E-state index in [9.17, 15) is 14.7 Å². The Morgan fingerprint density at radius 1 is 1.42 bits per heavy atom. The molecule has 1 aromatic carbocycles. The van der Waals surface area contributed by atoms with Gasteiger partial charge in [-0.1, -0.05) is 0 Å². The molecule has 19 heavy (non-hydrogen) atoms. The van der Waals surface area contributed by atoms with E-state index in [-0.39, 0.29) is 13.0 Å². The number of fused-ring (bicyclic) bond motifs is 1. The Balaban J connectivity index is 1.99. The quantitative estimate of drug-likeness (QED) is 0.668. The van der Waals surface area contributed by atoms with Crippen LogP contribution in [0.5, 0.6) is 0 Å². The van der Waals surface area contributed by atoms with Gasteiger partial charge in [0.15, 0.2) is 0 Å². The molecule has 0 unspecified atom stereocenters. The molecule has 4 N–H and O–H groups in total. The van der Waals surface area contributed by atoms with Crippen molar-refractivity contribution in [3.05, 3.63) is 30.5 Å². The summed E-state index contributed by atoms with van der Waals surface area (Å²) in [5.74, 6) is -1.65. The number of anilines is 1. The first-order valence-corrected chi connectivity index (χ1v) is 5.94. The highest BCUT2D eigenvalue weighted by atomic mass is 16.3. The fourth-order valence-corrected chi connectivity index (χ4v) is 2.39. The molecule has 6 heteroatoms. The topological polar surface area (TPSA) is 99.4 Å². The molecule has 0 aliphatic carbocycles. The number of primary amides is 1. The van der Waals surface area contributed by atoms with Crippen molar-refractivity contribution < 1.29 is 14.7 Å². The molecule has 1 aromatic heterocycles. The van der Waals surface area contributed by atoms with Gasteiger partial charge < -0.3 is 20.7 Å². The lowest BCUT2D eigenvalue weighted by Crippen LogP contribution is -2.50. The number of hydrogen-bond acceptors (Lipinski definition) is 3. The first kappa shape index (κ1) is 11.7. The van der Waals surface area contributed by atoms with Crippen molar-refractivity contribution in [2.45, 2.75) is 12.0 Å². The Labute approximate surface area is 108 Å². The smallest absolute Gasteiger partial charge is 0.268 e. The second-order valence-electron chi connectivity index (χ2n) is 4.68. The van der Waals surface area contributed by atoms with Crippen molar-refractivity contribution in [3.8, 4) is 0 Å².